The average molecular weight is 317 g/mol. The minimum absolute atomic E-state index is 0.0266. The highest BCUT2D eigenvalue weighted by Gasteiger charge is 2.29. The fraction of sp³-hybridized carbons (Fsp3) is 0.600. The highest BCUT2D eigenvalue weighted by atomic mass is 32.1. The SMILES string of the molecule is O=c1cccnn1CC1CCCN1Cc1nnc(C2CC2)s1. The minimum atomic E-state index is -0.0266. The van der Waals surface area contributed by atoms with E-state index in [1.165, 1.54) is 24.3 Å². The number of rotatable bonds is 5. The van der Waals surface area contributed by atoms with Crippen molar-refractivity contribution in [3.63, 3.8) is 0 Å². The van der Waals surface area contributed by atoms with Gasteiger partial charge in [0.05, 0.1) is 13.1 Å². The second-order valence-electron chi connectivity index (χ2n) is 6.12. The van der Waals surface area contributed by atoms with E-state index in [0.717, 1.165) is 24.5 Å². The lowest BCUT2D eigenvalue weighted by Gasteiger charge is -2.23. The predicted molar refractivity (Wildman–Crippen MR) is 83.8 cm³/mol. The van der Waals surface area contributed by atoms with Crippen molar-refractivity contribution in [2.45, 2.75) is 50.7 Å². The Hall–Kier alpha value is -1.60. The molecule has 1 saturated heterocycles. The molecular weight excluding hydrogens is 298 g/mol. The third-order valence-corrected chi connectivity index (χ3v) is 5.49. The lowest BCUT2D eigenvalue weighted by Crippen LogP contribution is -2.36. The van der Waals surface area contributed by atoms with Crippen LogP contribution in [0.2, 0.25) is 0 Å². The van der Waals surface area contributed by atoms with E-state index in [0.29, 0.717) is 18.5 Å². The van der Waals surface area contributed by atoms with Crippen molar-refractivity contribution >= 4 is 11.3 Å². The Balaban J connectivity index is 1.44. The van der Waals surface area contributed by atoms with E-state index in [1.54, 1.807) is 34.3 Å². The molecule has 2 aromatic heterocycles. The van der Waals surface area contributed by atoms with Gasteiger partial charge in [-0.2, -0.15) is 5.10 Å². The summed E-state index contributed by atoms with van der Waals surface area (Å²) in [5, 5.41) is 15.1. The molecule has 116 valence electrons. The molecule has 4 rings (SSSR count). The fourth-order valence-electron chi connectivity index (χ4n) is 3.03. The van der Waals surface area contributed by atoms with Crippen molar-refractivity contribution in [2.24, 2.45) is 0 Å². The number of hydrogen-bond donors (Lipinski definition) is 0. The van der Waals surface area contributed by atoms with Crippen LogP contribution in [0.4, 0.5) is 0 Å². The third kappa shape index (κ3) is 2.96. The molecule has 2 aromatic rings. The highest BCUT2D eigenvalue weighted by molar-refractivity contribution is 7.11. The van der Waals surface area contributed by atoms with Gasteiger partial charge in [0, 0.05) is 24.2 Å². The van der Waals surface area contributed by atoms with Crippen molar-refractivity contribution in [2.75, 3.05) is 6.54 Å². The zero-order valence-corrected chi connectivity index (χ0v) is 13.2. The van der Waals surface area contributed by atoms with Crippen LogP contribution in [0, 0.1) is 0 Å². The molecule has 1 atom stereocenters. The first-order chi connectivity index (χ1) is 10.8. The molecule has 7 heteroatoms. The van der Waals surface area contributed by atoms with E-state index >= 15 is 0 Å². The van der Waals surface area contributed by atoms with E-state index < -0.39 is 0 Å². The van der Waals surface area contributed by atoms with Crippen molar-refractivity contribution in [1.29, 1.82) is 0 Å². The van der Waals surface area contributed by atoms with Gasteiger partial charge in [-0.25, -0.2) is 4.68 Å². The minimum Gasteiger partial charge on any atom is -0.292 e. The molecule has 0 aromatic carbocycles. The quantitative estimate of drug-likeness (QED) is 0.839. The van der Waals surface area contributed by atoms with Gasteiger partial charge in [-0.05, 0) is 38.3 Å². The van der Waals surface area contributed by atoms with Crippen LogP contribution >= 0.6 is 11.3 Å². The van der Waals surface area contributed by atoms with Gasteiger partial charge in [-0.1, -0.05) is 11.3 Å². The normalized spacial score (nSPS) is 22.3. The number of aromatic nitrogens is 4. The van der Waals surface area contributed by atoms with E-state index in [9.17, 15) is 4.79 Å². The van der Waals surface area contributed by atoms with Gasteiger partial charge in [-0.3, -0.25) is 9.69 Å². The second-order valence-corrected chi connectivity index (χ2v) is 7.21. The van der Waals surface area contributed by atoms with Crippen molar-refractivity contribution < 1.29 is 0 Å². The van der Waals surface area contributed by atoms with Crippen LogP contribution in [0.5, 0.6) is 0 Å². The zero-order valence-electron chi connectivity index (χ0n) is 12.4. The van der Waals surface area contributed by atoms with E-state index in [1.807, 2.05) is 0 Å². The summed E-state index contributed by atoms with van der Waals surface area (Å²) in [4.78, 5) is 14.2. The summed E-state index contributed by atoms with van der Waals surface area (Å²) < 4.78 is 1.57. The van der Waals surface area contributed by atoms with Gasteiger partial charge in [0.25, 0.3) is 5.56 Å². The van der Waals surface area contributed by atoms with Gasteiger partial charge in [0.15, 0.2) is 0 Å². The summed E-state index contributed by atoms with van der Waals surface area (Å²) in [5.74, 6) is 0.674. The van der Waals surface area contributed by atoms with Crippen molar-refractivity contribution in [1.82, 2.24) is 24.9 Å². The van der Waals surface area contributed by atoms with E-state index in [2.05, 4.69) is 20.2 Å². The lowest BCUT2D eigenvalue weighted by atomic mass is 10.2. The Morgan fingerprint density at radius 1 is 1.27 bits per heavy atom. The average Bonchev–Trinajstić information content (AvgIpc) is 3.12. The van der Waals surface area contributed by atoms with Gasteiger partial charge in [0.1, 0.15) is 10.0 Å². The molecule has 1 saturated carbocycles. The summed E-state index contributed by atoms with van der Waals surface area (Å²) >= 11 is 1.75. The summed E-state index contributed by atoms with van der Waals surface area (Å²) in [6, 6.07) is 3.62. The Kier molecular flexibility index (Phi) is 3.75. The summed E-state index contributed by atoms with van der Waals surface area (Å²) in [6.45, 7) is 2.56. The molecule has 1 aliphatic carbocycles. The Morgan fingerprint density at radius 2 is 2.18 bits per heavy atom. The smallest absolute Gasteiger partial charge is 0.266 e. The van der Waals surface area contributed by atoms with Crippen LogP contribution < -0.4 is 5.56 Å². The Bertz CT molecular complexity index is 708. The maximum absolute atomic E-state index is 11.8. The molecule has 0 spiro atoms. The lowest BCUT2D eigenvalue weighted by molar-refractivity contribution is 0.216. The first kappa shape index (κ1) is 14.0. The predicted octanol–water partition coefficient (Wildman–Crippen LogP) is 1.64. The first-order valence-electron chi connectivity index (χ1n) is 7.88. The van der Waals surface area contributed by atoms with Crippen molar-refractivity contribution in [3.05, 3.63) is 38.7 Å². The first-order valence-corrected chi connectivity index (χ1v) is 8.70. The number of nitrogens with zero attached hydrogens (tertiary/aromatic N) is 5. The van der Waals surface area contributed by atoms with Gasteiger partial charge >= 0.3 is 0 Å². The summed E-state index contributed by atoms with van der Waals surface area (Å²) in [5.41, 5.74) is -0.0266. The van der Waals surface area contributed by atoms with E-state index in [4.69, 9.17) is 0 Å². The number of likely N-dealkylation sites (tertiary alicyclic amines) is 1. The van der Waals surface area contributed by atoms with Crippen LogP contribution in [-0.2, 0) is 13.1 Å². The Labute approximate surface area is 132 Å². The molecule has 6 nitrogen and oxygen atoms in total. The maximum atomic E-state index is 11.8. The molecule has 0 N–H and O–H groups in total. The topological polar surface area (TPSA) is 63.9 Å². The summed E-state index contributed by atoms with van der Waals surface area (Å²) in [6.07, 6.45) is 6.48. The van der Waals surface area contributed by atoms with Crippen LogP contribution in [-0.4, -0.2) is 37.5 Å². The van der Waals surface area contributed by atoms with Gasteiger partial charge in [0.2, 0.25) is 0 Å². The highest BCUT2D eigenvalue weighted by Crippen LogP contribution is 2.41. The molecule has 2 fully saturated rings. The fourth-order valence-corrected chi connectivity index (χ4v) is 4.07. The van der Waals surface area contributed by atoms with Crippen LogP contribution in [0.15, 0.2) is 23.1 Å². The standard InChI is InChI=1S/C15H19N5OS/c21-14-4-1-7-16-20(14)9-12-3-2-8-19(12)10-13-17-18-15(22-13)11-5-6-11/h1,4,7,11-12H,2-3,5-6,8-10H2. The largest absolute Gasteiger partial charge is 0.292 e. The summed E-state index contributed by atoms with van der Waals surface area (Å²) in [7, 11) is 0. The van der Waals surface area contributed by atoms with E-state index in [-0.39, 0.29) is 5.56 Å². The van der Waals surface area contributed by atoms with Crippen molar-refractivity contribution in [3.8, 4) is 0 Å². The number of hydrogen-bond acceptors (Lipinski definition) is 6. The molecule has 0 radical (unpaired) electrons. The molecule has 0 bridgehead atoms. The monoisotopic (exact) mass is 317 g/mol. The van der Waals surface area contributed by atoms with Gasteiger partial charge < -0.3 is 0 Å². The second kappa shape index (κ2) is 5.89. The maximum Gasteiger partial charge on any atom is 0.266 e. The zero-order chi connectivity index (χ0) is 14.9. The molecule has 3 heterocycles. The third-order valence-electron chi connectivity index (χ3n) is 4.42. The van der Waals surface area contributed by atoms with Gasteiger partial charge in [-0.15, -0.1) is 10.2 Å². The molecule has 1 unspecified atom stereocenters. The molecule has 2 aliphatic rings. The van der Waals surface area contributed by atoms with Crippen LogP contribution in [0.3, 0.4) is 0 Å². The van der Waals surface area contributed by atoms with Crippen LogP contribution in [0.25, 0.3) is 0 Å². The molecule has 22 heavy (non-hydrogen) atoms. The van der Waals surface area contributed by atoms with Crippen LogP contribution in [0.1, 0.15) is 41.6 Å². The molecular formula is C15H19N5OS. The molecule has 1 aliphatic heterocycles. The molecule has 0 amide bonds. The Morgan fingerprint density at radius 3 is 3.00 bits per heavy atom.